The van der Waals surface area contributed by atoms with Gasteiger partial charge in [0, 0.05) is 6.54 Å². The Kier molecular flexibility index (Phi) is 5.22. The van der Waals surface area contributed by atoms with Crippen molar-refractivity contribution in [1.29, 1.82) is 0 Å². The second-order valence-electron chi connectivity index (χ2n) is 6.95. The minimum absolute atomic E-state index is 0.192. The van der Waals surface area contributed by atoms with Crippen LogP contribution in [0.15, 0.2) is 23.2 Å². The third kappa shape index (κ3) is 3.47. The molecule has 1 aliphatic carbocycles. The number of isocyanates is 1. The van der Waals surface area contributed by atoms with Crippen LogP contribution in [0.5, 0.6) is 11.5 Å². The fourth-order valence-corrected chi connectivity index (χ4v) is 3.96. The monoisotopic (exact) mass is 330 g/mol. The number of nitrogens with zero attached hydrogens (tertiary/aromatic N) is 2. The Morgan fingerprint density at radius 3 is 2.71 bits per heavy atom. The number of aliphatic imine (C=N–C) groups is 1. The summed E-state index contributed by atoms with van der Waals surface area (Å²) < 4.78 is 11.7. The van der Waals surface area contributed by atoms with E-state index < -0.39 is 5.54 Å². The molecule has 3 rings (SSSR count). The average Bonchev–Trinajstić information content (AvgIpc) is 3.05. The van der Waals surface area contributed by atoms with E-state index in [1.807, 2.05) is 18.2 Å². The predicted octanol–water partition coefficient (Wildman–Crippen LogP) is 3.27. The number of methoxy groups -OCH3 is 1. The van der Waals surface area contributed by atoms with Gasteiger partial charge >= 0.3 is 0 Å². The topological polar surface area (TPSA) is 51.1 Å². The SMILES string of the molecule is COc1cc(C2(N=C=O)CCCC2)ccc1OC1CCCN(C)C1. The number of hydrogen-bond acceptors (Lipinski definition) is 5. The molecule has 1 saturated heterocycles. The summed E-state index contributed by atoms with van der Waals surface area (Å²) in [4.78, 5) is 17.3. The van der Waals surface area contributed by atoms with E-state index in [4.69, 9.17) is 9.47 Å². The number of benzene rings is 1. The Labute approximate surface area is 143 Å². The number of likely N-dealkylation sites (N-methyl/N-ethyl adjacent to an activating group) is 1. The number of piperidine rings is 1. The maximum Gasteiger partial charge on any atom is 0.235 e. The molecule has 2 aliphatic rings. The summed E-state index contributed by atoms with van der Waals surface area (Å²) in [5, 5.41) is 0. The van der Waals surface area contributed by atoms with Crippen LogP contribution in [0.2, 0.25) is 0 Å². The summed E-state index contributed by atoms with van der Waals surface area (Å²) in [6.07, 6.45) is 8.12. The molecule has 1 saturated carbocycles. The summed E-state index contributed by atoms with van der Waals surface area (Å²) in [5.74, 6) is 1.48. The first-order chi connectivity index (χ1) is 11.7. The largest absolute Gasteiger partial charge is 0.493 e. The van der Waals surface area contributed by atoms with Crippen LogP contribution in [0.4, 0.5) is 0 Å². The van der Waals surface area contributed by atoms with E-state index in [1.165, 1.54) is 0 Å². The first-order valence-corrected chi connectivity index (χ1v) is 8.79. The number of likely N-dealkylation sites (tertiary alicyclic amines) is 1. The lowest BCUT2D eigenvalue weighted by atomic mass is 9.88. The molecule has 1 atom stereocenters. The highest BCUT2D eigenvalue weighted by atomic mass is 16.5. The third-order valence-electron chi connectivity index (χ3n) is 5.27. The van der Waals surface area contributed by atoms with Gasteiger partial charge in [0.05, 0.1) is 12.6 Å². The first-order valence-electron chi connectivity index (χ1n) is 8.79. The minimum atomic E-state index is -0.432. The molecule has 2 fully saturated rings. The molecule has 0 N–H and O–H groups in total. The Morgan fingerprint density at radius 1 is 1.25 bits per heavy atom. The standard InChI is InChI=1S/C19H26N2O3/c1-21-11-5-6-16(13-21)24-17-8-7-15(12-18(17)23-2)19(20-14-22)9-3-4-10-19/h7-8,12,16H,3-6,9-11,13H2,1-2H3. The highest BCUT2D eigenvalue weighted by molar-refractivity contribution is 5.47. The van der Waals surface area contributed by atoms with Crippen LogP contribution in [0, 0.1) is 0 Å². The summed E-state index contributed by atoms with van der Waals surface area (Å²) in [5.41, 5.74) is 0.590. The maximum atomic E-state index is 10.9. The van der Waals surface area contributed by atoms with Crippen LogP contribution < -0.4 is 9.47 Å². The van der Waals surface area contributed by atoms with Crippen molar-refractivity contribution in [2.75, 3.05) is 27.2 Å². The van der Waals surface area contributed by atoms with Crippen molar-refractivity contribution in [3.05, 3.63) is 23.8 Å². The number of carbonyl (C=O) groups excluding carboxylic acids is 1. The van der Waals surface area contributed by atoms with Gasteiger partial charge in [-0.05, 0) is 57.0 Å². The van der Waals surface area contributed by atoms with Crippen molar-refractivity contribution >= 4 is 6.08 Å². The summed E-state index contributed by atoms with van der Waals surface area (Å²) in [7, 11) is 3.78. The molecule has 5 nitrogen and oxygen atoms in total. The molecule has 130 valence electrons. The second-order valence-corrected chi connectivity index (χ2v) is 6.95. The highest BCUT2D eigenvalue weighted by Crippen LogP contribution is 2.44. The van der Waals surface area contributed by atoms with Gasteiger partial charge in [-0.3, -0.25) is 0 Å². The van der Waals surface area contributed by atoms with Crippen molar-refractivity contribution in [1.82, 2.24) is 4.90 Å². The smallest absolute Gasteiger partial charge is 0.235 e. The van der Waals surface area contributed by atoms with E-state index in [0.29, 0.717) is 5.75 Å². The highest BCUT2D eigenvalue weighted by Gasteiger charge is 2.36. The first kappa shape index (κ1) is 17.0. The molecule has 0 radical (unpaired) electrons. The predicted molar refractivity (Wildman–Crippen MR) is 92.4 cm³/mol. The Bertz CT molecular complexity index is 619. The lowest BCUT2D eigenvalue weighted by Gasteiger charge is -2.31. The molecule has 1 unspecified atom stereocenters. The van der Waals surface area contributed by atoms with Crippen molar-refractivity contribution in [2.24, 2.45) is 4.99 Å². The molecule has 0 bridgehead atoms. The van der Waals surface area contributed by atoms with E-state index in [-0.39, 0.29) is 6.10 Å². The molecule has 1 heterocycles. The van der Waals surface area contributed by atoms with E-state index in [9.17, 15) is 4.79 Å². The summed E-state index contributed by atoms with van der Waals surface area (Å²) in [6.45, 7) is 2.06. The number of hydrogen-bond donors (Lipinski definition) is 0. The van der Waals surface area contributed by atoms with E-state index >= 15 is 0 Å². The number of ether oxygens (including phenoxy) is 2. The molecular weight excluding hydrogens is 304 g/mol. The van der Waals surface area contributed by atoms with Crippen molar-refractivity contribution in [2.45, 2.75) is 50.2 Å². The van der Waals surface area contributed by atoms with Gasteiger partial charge in [-0.1, -0.05) is 18.9 Å². The molecule has 24 heavy (non-hydrogen) atoms. The van der Waals surface area contributed by atoms with E-state index in [1.54, 1.807) is 13.2 Å². The van der Waals surface area contributed by atoms with Crippen LogP contribution >= 0.6 is 0 Å². The fraction of sp³-hybridized carbons (Fsp3) is 0.632. The zero-order chi connectivity index (χ0) is 17.0. The Hall–Kier alpha value is -1.84. The van der Waals surface area contributed by atoms with Gasteiger partial charge in [0.1, 0.15) is 6.10 Å². The quantitative estimate of drug-likeness (QED) is 0.614. The van der Waals surface area contributed by atoms with Crippen LogP contribution in [0.3, 0.4) is 0 Å². The lowest BCUT2D eigenvalue weighted by molar-refractivity contribution is 0.101. The lowest BCUT2D eigenvalue weighted by Crippen LogP contribution is -2.38. The third-order valence-corrected chi connectivity index (χ3v) is 5.27. The average molecular weight is 330 g/mol. The molecule has 1 aliphatic heterocycles. The van der Waals surface area contributed by atoms with Crippen molar-refractivity contribution in [3.8, 4) is 11.5 Å². The van der Waals surface area contributed by atoms with Gasteiger partial charge in [-0.25, -0.2) is 4.79 Å². The van der Waals surface area contributed by atoms with Gasteiger partial charge < -0.3 is 14.4 Å². The van der Waals surface area contributed by atoms with Crippen LogP contribution in [0.25, 0.3) is 0 Å². The normalized spacial score (nSPS) is 23.5. The van der Waals surface area contributed by atoms with Crippen LogP contribution in [0.1, 0.15) is 44.1 Å². The molecule has 5 heteroatoms. The molecule has 1 aromatic rings. The molecule has 0 amide bonds. The summed E-state index contributed by atoms with van der Waals surface area (Å²) >= 11 is 0. The zero-order valence-electron chi connectivity index (χ0n) is 14.6. The minimum Gasteiger partial charge on any atom is -0.493 e. The Balaban J connectivity index is 1.83. The molecule has 0 aromatic heterocycles. The van der Waals surface area contributed by atoms with Crippen LogP contribution in [-0.4, -0.2) is 44.3 Å². The van der Waals surface area contributed by atoms with Crippen molar-refractivity contribution < 1.29 is 14.3 Å². The molecule has 1 aromatic carbocycles. The second kappa shape index (κ2) is 7.37. The fourth-order valence-electron chi connectivity index (χ4n) is 3.96. The molecule has 0 spiro atoms. The van der Waals surface area contributed by atoms with E-state index in [2.05, 4.69) is 16.9 Å². The van der Waals surface area contributed by atoms with Gasteiger partial charge in [-0.2, -0.15) is 4.99 Å². The zero-order valence-corrected chi connectivity index (χ0v) is 14.6. The molecular formula is C19H26N2O3. The van der Waals surface area contributed by atoms with Gasteiger partial charge in [-0.15, -0.1) is 0 Å². The Morgan fingerprint density at radius 2 is 2.04 bits per heavy atom. The number of rotatable bonds is 5. The van der Waals surface area contributed by atoms with Gasteiger partial charge in [0.2, 0.25) is 6.08 Å². The maximum absolute atomic E-state index is 10.9. The summed E-state index contributed by atoms with van der Waals surface area (Å²) in [6, 6.07) is 5.97. The van der Waals surface area contributed by atoms with Crippen LogP contribution in [-0.2, 0) is 10.3 Å². The van der Waals surface area contributed by atoms with Gasteiger partial charge in [0.15, 0.2) is 11.5 Å². The van der Waals surface area contributed by atoms with Crippen molar-refractivity contribution in [3.63, 3.8) is 0 Å². The van der Waals surface area contributed by atoms with Gasteiger partial charge in [0.25, 0.3) is 0 Å². The van der Waals surface area contributed by atoms with E-state index in [0.717, 1.165) is 62.9 Å².